The van der Waals surface area contributed by atoms with E-state index >= 15 is 0 Å². The first-order valence-electron chi connectivity index (χ1n) is 8.81. The van der Waals surface area contributed by atoms with E-state index in [0.29, 0.717) is 31.5 Å². The van der Waals surface area contributed by atoms with Crippen molar-refractivity contribution >= 4 is 11.8 Å². The molecule has 2 amide bonds. The van der Waals surface area contributed by atoms with E-state index < -0.39 is 5.82 Å². The number of rotatable bonds is 2. The molecule has 0 aliphatic carbocycles. The Bertz CT molecular complexity index is 855. The summed E-state index contributed by atoms with van der Waals surface area (Å²) in [5, 5.41) is 7.32. The molecular weight excluding hydrogens is 335 g/mol. The van der Waals surface area contributed by atoms with Gasteiger partial charge >= 0.3 is 0 Å². The molecule has 1 N–H and O–H groups in total. The molecule has 26 heavy (non-hydrogen) atoms. The summed E-state index contributed by atoms with van der Waals surface area (Å²) in [6.07, 6.45) is 5.75. The molecule has 6 nitrogen and oxygen atoms in total. The number of aromatic nitrogens is 2. The first kappa shape index (κ1) is 16.8. The summed E-state index contributed by atoms with van der Waals surface area (Å²) in [4.78, 5) is 26.8. The van der Waals surface area contributed by atoms with E-state index in [1.807, 2.05) is 13.2 Å². The van der Waals surface area contributed by atoms with Crippen molar-refractivity contribution in [2.24, 2.45) is 7.05 Å². The third-order valence-electron chi connectivity index (χ3n) is 5.51. The van der Waals surface area contributed by atoms with E-state index in [4.69, 9.17) is 0 Å². The van der Waals surface area contributed by atoms with Gasteiger partial charge in [0.25, 0.3) is 5.91 Å². The van der Waals surface area contributed by atoms with Crippen LogP contribution in [-0.4, -0.2) is 45.1 Å². The van der Waals surface area contributed by atoms with Crippen molar-refractivity contribution in [3.8, 4) is 0 Å². The maximum absolute atomic E-state index is 13.4. The minimum absolute atomic E-state index is 0.0305. The first-order chi connectivity index (χ1) is 12.5. The highest BCUT2D eigenvalue weighted by molar-refractivity contribution is 5.94. The fourth-order valence-corrected chi connectivity index (χ4v) is 4.04. The summed E-state index contributed by atoms with van der Waals surface area (Å²) in [5.41, 5.74) is 1.03. The van der Waals surface area contributed by atoms with Crippen LogP contribution in [0.2, 0.25) is 0 Å². The van der Waals surface area contributed by atoms with E-state index in [2.05, 4.69) is 10.4 Å². The lowest BCUT2D eigenvalue weighted by Gasteiger charge is -2.39. The predicted octanol–water partition coefficient (Wildman–Crippen LogP) is 1.84. The molecule has 2 aliphatic rings. The minimum atomic E-state index is -0.410. The number of nitrogens with zero attached hydrogens (tertiary/aromatic N) is 3. The number of hydrogen-bond donors (Lipinski definition) is 1. The third kappa shape index (κ3) is 2.98. The van der Waals surface area contributed by atoms with Crippen LogP contribution in [0.25, 0.3) is 0 Å². The Morgan fingerprint density at radius 1 is 1.35 bits per heavy atom. The van der Waals surface area contributed by atoms with Gasteiger partial charge in [0.15, 0.2) is 0 Å². The van der Waals surface area contributed by atoms with Gasteiger partial charge < -0.3 is 10.2 Å². The summed E-state index contributed by atoms with van der Waals surface area (Å²) in [5.74, 6) is -0.726. The Morgan fingerprint density at radius 2 is 2.12 bits per heavy atom. The Balaban J connectivity index is 1.43. The van der Waals surface area contributed by atoms with Gasteiger partial charge in [-0.05, 0) is 37.5 Å². The highest BCUT2D eigenvalue weighted by Gasteiger charge is 2.47. The molecule has 136 valence electrons. The number of aryl methyl sites for hydroxylation is 1. The topological polar surface area (TPSA) is 67.2 Å². The number of likely N-dealkylation sites (tertiary alicyclic amines) is 1. The molecule has 1 atom stereocenters. The van der Waals surface area contributed by atoms with Gasteiger partial charge in [0.2, 0.25) is 5.91 Å². The molecular formula is C19H21FN4O2. The average molecular weight is 356 g/mol. The van der Waals surface area contributed by atoms with Gasteiger partial charge in [-0.3, -0.25) is 14.3 Å². The van der Waals surface area contributed by atoms with E-state index in [1.165, 1.54) is 12.1 Å². The fourth-order valence-electron chi connectivity index (χ4n) is 4.04. The monoisotopic (exact) mass is 356 g/mol. The Hall–Kier alpha value is -2.70. The van der Waals surface area contributed by atoms with E-state index in [1.54, 1.807) is 27.9 Å². The largest absolute Gasteiger partial charge is 0.350 e. The standard InChI is InChI=1S/C19H21FN4O2/c1-23-12-14(11-21-23)16-10-19(22-17(16)25)5-7-24(8-6-19)18(26)13-3-2-4-15(20)9-13/h2-4,9,11-12,16H,5-8,10H2,1H3,(H,22,25)/t16-/m1/s1. The molecule has 3 heterocycles. The van der Waals surface area contributed by atoms with Crippen LogP contribution in [0.4, 0.5) is 4.39 Å². The fraction of sp³-hybridized carbons (Fsp3) is 0.421. The molecule has 2 aromatic rings. The Morgan fingerprint density at radius 3 is 2.77 bits per heavy atom. The molecule has 1 aromatic carbocycles. The zero-order valence-electron chi connectivity index (χ0n) is 14.6. The zero-order chi connectivity index (χ0) is 18.3. The van der Waals surface area contributed by atoms with E-state index in [0.717, 1.165) is 12.0 Å². The number of amides is 2. The molecule has 2 fully saturated rings. The smallest absolute Gasteiger partial charge is 0.253 e. The lowest BCUT2D eigenvalue weighted by atomic mass is 9.82. The lowest BCUT2D eigenvalue weighted by Crippen LogP contribution is -2.52. The summed E-state index contributed by atoms with van der Waals surface area (Å²) >= 11 is 0. The quantitative estimate of drug-likeness (QED) is 0.893. The molecule has 4 rings (SSSR count). The van der Waals surface area contributed by atoms with E-state index in [-0.39, 0.29) is 23.3 Å². The van der Waals surface area contributed by atoms with Crippen molar-refractivity contribution in [3.05, 3.63) is 53.6 Å². The number of carbonyl (C=O) groups is 2. The highest BCUT2D eigenvalue weighted by Crippen LogP contribution is 2.39. The SMILES string of the molecule is Cn1cc([C@H]2CC3(CCN(C(=O)c4cccc(F)c4)CC3)NC2=O)cn1. The first-order valence-corrected chi connectivity index (χ1v) is 8.81. The molecule has 0 saturated carbocycles. The van der Waals surface area contributed by atoms with Crippen LogP contribution in [0.5, 0.6) is 0 Å². The van der Waals surface area contributed by atoms with Crippen LogP contribution in [0, 0.1) is 5.82 Å². The van der Waals surface area contributed by atoms with Gasteiger partial charge in [-0.2, -0.15) is 5.10 Å². The van der Waals surface area contributed by atoms with Gasteiger partial charge in [-0.1, -0.05) is 6.07 Å². The summed E-state index contributed by atoms with van der Waals surface area (Å²) in [7, 11) is 1.84. The van der Waals surface area contributed by atoms with E-state index in [9.17, 15) is 14.0 Å². The second kappa shape index (κ2) is 6.23. The van der Waals surface area contributed by atoms with Gasteiger partial charge in [0.1, 0.15) is 5.82 Å². The summed E-state index contributed by atoms with van der Waals surface area (Å²) < 4.78 is 15.1. The Labute approximate surface area is 151 Å². The van der Waals surface area contributed by atoms with Crippen molar-refractivity contribution in [1.29, 1.82) is 0 Å². The van der Waals surface area contributed by atoms with Gasteiger partial charge in [0.05, 0.1) is 12.1 Å². The van der Waals surface area contributed by atoms with Crippen LogP contribution in [0.3, 0.4) is 0 Å². The average Bonchev–Trinajstić information content (AvgIpc) is 3.18. The summed E-state index contributed by atoms with van der Waals surface area (Å²) in [6, 6.07) is 5.77. The number of benzene rings is 1. The minimum Gasteiger partial charge on any atom is -0.350 e. The molecule has 0 unspecified atom stereocenters. The molecule has 1 aromatic heterocycles. The van der Waals surface area contributed by atoms with Crippen molar-refractivity contribution in [2.75, 3.05) is 13.1 Å². The van der Waals surface area contributed by atoms with Crippen molar-refractivity contribution in [1.82, 2.24) is 20.0 Å². The van der Waals surface area contributed by atoms with Gasteiger partial charge in [-0.25, -0.2) is 4.39 Å². The van der Waals surface area contributed by atoms with Crippen molar-refractivity contribution in [2.45, 2.75) is 30.7 Å². The van der Waals surface area contributed by atoms with Crippen LogP contribution < -0.4 is 5.32 Å². The Kier molecular flexibility index (Phi) is 4.01. The molecule has 1 spiro atoms. The predicted molar refractivity (Wildman–Crippen MR) is 93.0 cm³/mol. The second-order valence-corrected chi connectivity index (χ2v) is 7.28. The number of halogens is 1. The number of piperidine rings is 1. The maximum atomic E-state index is 13.4. The van der Waals surface area contributed by atoms with Crippen LogP contribution in [0.15, 0.2) is 36.7 Å². The molecule has 2 aliphatic heterocycles. The lowest BCUT2D eigenvalue weighted by molar-refractivity contribution is -0.121. The normalized spacial score (nSPS) is 21.8. The van der Waals surface area contributed by atoms with Crippen LogP contribution in [-0.2, 0) is 11.8 Å². The van der Waals surface area contributed by atoms with Crippen LogP contribution >= 0.6 is 0 Å². The maximum Gasteiger partial charge on any atom is 0.253 e. The molecule has 2 saturated heterocycles. The second-order valence-electron chi connectivity index (χ2n) is 7.28. The molecule has 0 bridgehead atoms. The number of hydrogen-bond acceptors (Lipinski definition) is 3. The zero-order valence-corrected chi connectivity index (χ0v) is 14.6. The van der Waals surface area contributed by atoms with Crippen molar-refractivity contribution < 1.29 is 14.0 Å². The van der Waals surface area contributed by atoms with Gasteiger partial charge in [-0.15, -0.1) is 0 Å². The third-order valence-corrected chi connectivity index (χ3v) is 5.51. The van der Waals surface area contributed by atoms with Gasteiger partial charge in [0, 0.05) is 43.0 Å². The number of carbonyl (C=O) groups excluding carboxylic acids is 2. The van der Waals surface area contributed by atoms with Crippen LogP contribution in [0.1, 0.15) is 41.1 Å². The molecule has 7 heteroatoms. The highest BCUT2D eigenvalue weighted by atomic mass is 19.1. The number of nitrogens with one attached hydrogen (secondary N) is 1. The van der Waals surface area contributed by atoms with Crippen molar-refractivity contribution in [3.63, 3.8) is 0 Å². The molecule has 0 radical (unpaired) electrons. The summed E-state index contributed by atoms with van der Waals surface area (Å²) in [6.45, 7) is 1.10.